The van der Waals surface area contributed by atoms with Crippen LogP contribution in [0.25, 0.3) is 5.69 Å². The Labute approximate surface area is 116 Å². The smallest absolute Gasteiger partial charge is 0.193 e. The second-order valence-electron chi connectivity index (χ2n) is 4.20. The summed E-state index contributed by atoms with van der Waals surface area (Å²) in [5.41, 5.74) is 2.16. The quantitative estimate of drug-likeness (QED) is 0.766. The van der Waals surface area contributed by atoms with E-state index in [1.165, 1.54) is 0 Å². The number of nitrogens with one attached hydrogen (secondary N) is 1. The Morgan fingerprint density at radius 2 is 1.89 bits per heavy atom. The van der Waals surface area contributed by atoms with Gasteiger partial charge in [-0.1, -0.05) is 6.07 Å². The van der Waals surface area contributed by atoms with E-state index in [2.05, 4.69) is 22.0 Å². The molecule has 1 aromatic carbocycles. The largest absolute Gasteiger partial charge is 0.448 e. The van der Waals surface area contributed by atoms with E-state index >= 15 is 0 Å². The fraction of sp³-hybridized carbons (Fsp3) is 0.0667. The zero-order valence-electron chi connectivity index (χ0n) is 10.2. The summed E-state index contributed by atoms with van der Waals surface area (Å²) in [7, 11) is 0. The number of hydrogen-bond donors (Lipinski definition) is 1. The Kier molecular flexibility index (Phi) is 3.29. The van der Waals surface area contributed by atoms with Crippen molar-refractivity contribution in [1.82, 2.24) is 4.57 Å². The van der Waals surface area contributed by atoms with Gasteiger partial charge in [0.15, 0.2) is 5.22 Å². The summed E-state index contributed by atoms with van der Waals surface area (Å²) < 4.78 is 7.37. The normalized spacial score (nSPS) is 10.6. The molecule has 0 atom stereocenters. The lowest BCUT2D eigenvalue weighted by Gasteiger charge is -2.08. The standard InChI is InChI=1S/C15H13ClN2O/c16-15-7-6-14(19-15)11-17-12-4-3-5-13(10-12)18-8-1-2-9-18/h1-10,17H,11H2. The highest BCUT2D eigenvalue weighted by molar-refractivity contribution is 6.28. The van der Waals surface area contributed by atoms with E-state index < -0.39 is 0 Å². The minimum absolute atomic E-state index is 0.415. The average molecular weight is 273 g/mol. The van der Waals surface area contributed by atoms with Crippen LogP contribution in [0.15, 0.2) is 65.3 Å². The molecule has 0 aliphatic carbocycles. The van der Waals surface area contributed by atoms with Gasteiger partial charge in [0.05, 0.1) is 6.54 Å². The SMILES string of the molecule is Clc1ccc(CNc2cccc(-n3cccc3)c2)o1. The minimum atomic E-state index is 0.415. The first-order chi connectivity index (χ1) is 9.31. The summed E-state index contributed by atoms with van der Waals surface area (Å²) in [5.74, 6) is 0.816. The first kappa shape index (κ1) is 11.9. The van der Waals surface area contributed by atoms with Gasteiger partial charge < -0.3 is 14.3 Å². The molecule has 0 amide bonds. The molecule has 0 aliphatic rings. The molecule has 3 aromatic rings. The van der Waals surface area contributed by atoms with Crippen molar-refractivity contribution in [3.05, 3.63) is 71.9 Å². The second-order valence-corrected chi connectivity index (χ2v) is 4.57. The minimum Gasteiger partial charge on any atom is -0.448 e. The fourth-order valence-electron chi connectivity index (χ4n) is 1.92. The predicted molar refractivity (Wildman–Crippen MR) is 76.8 cm³/mol. The topological polar surface area (TPSA) is 30.1 Å². The summed E-state index contributed by atoms with van der Waals surface area (Å²) in [5, 5.41) is 3.73. The summed E-state index contributed by atoms with van der Waals surface area (Å²) in [6.45, 7) is 0.613. The number of halogens is 1. The number of hydrogen-bond acceptors (Lipinski definition) is 2. The Morgan fingerprint density at radius 1 is 1.05 bits per heavy atom. The van der Waals surface area contributed by atoms with Crippen molar-refractivity contribution in [1.29, 1.82) is 0 Å². The Hall–Kier alpha value is -2.13. The molecule has 1 N–H and O–H groups in total. The lowest BCUT2D eigenvalue weighted by molar-refractivity contribution is 0.520. The van der Waals surface area contributed by atoms with Crippen LogP contribution in [0, 0.1) is 0 Å². The van der Waals surface area contributed by atoms with Crippen LogP contribution in [0.2, 0.25) is 5.22 Å². The number of benzene rings is 1. The molecule has 0 radical (unpaired) electrons. The molecule has 4 heteroatoms. The van der Waals surface area contributed by atoms with E-state index in [4.69, 9.17) is 16.0 Å². The van der Waals surface area contributed by atoms with Crippen molar-refractivity contribution in [2.75, 3.05) is 5.32 Å². The third-order valence-corrected chi connectivity index (χ3v) is 3.05. The molecule has 0 saturated heterocycles. The Morgan fingerprint density at radius 3 is 2.63 bits per heavy atom. The summed E-state index contributed by atoms with van der Waals surface area (Å²) in [6.07, 6.45) is 4.04. The monoisotopic (exact) mass is 272 g/mol. The van der Waals surface area contributed by atoms with E-state index in [0.717, 1.165) is 17.1 Å². The van der Waals surface area contributed by atoms with E-state index in [0.29, 0.717) is 11.8 Å². The second kappa shape index (κ2) is 5.24. The van der Waals surface area contributed by atoms with Gasteiger partial charge in [0.1, 0.15) is 5.76 Å². The number of nitrogens with zero attached hydrogens (tertiary/aromatic N) is 1. The first-order valence-electron chi connectivity index (χ1n) is 6.03. The molecule has 2 heterocycles. The lowest BCUT2D eigenvalue weighted by atomic mass is 10.2. The Balaban J connectivity index is 1.73. The van der Waals surface area contributed by atoms with Crippen molar-refractivity contribution >= 4 is 17.3 Å². The Bertz CT molecular complexity index is 658. The third-order valence-electron chi connectivity index (χ3n) is 2.84. The van der Waals surface area contributed by atoms with Crippen LogP contribution in [0.3, 0.4) is 0 Å². The molecule has 3 nitrogen and oxygen atoms in total. The maximum absolute atomic E-state index is 5.74. The summed E-state index contributed by atoms with van der Waals surface area (Å²) in [6, 6.07) is 15.8. The molecule has 0 aliphatic heterocycles. The van der Waals surface area contributed by atoms with Crippen LogP contribution in [0.5, 0.6) is 0 Å². The molecule has 0 spiro atoms. The van der Waals surface area contributed by atoms with E-state index in [9.17, 15) is 0 Å². The molecule has 0 fully saturated rings. The van der Waals surface area contributed by atoms with Crippen LogP contribution in [-0.4, -0.2) is 4.57 Å². The van der Waals surface area contributed by atoms with Crippen molar-refractivity contribution in [2.45, 2.75) is 6.54 Å². The van der Waals surface area contributed by atoms with Crippen LogP contribution in [0.4, 0.5) is 5.69 Å². The van der Waals surface area contributed by atoms with Crippen molar-refractivity contribution < 1.29 is 4.42 Å². The van der Waals surface area contributed by atoms with E-state index in [-0.39, 0.29) is 0 Å². The molecule has 0 bridgehead atoms. The predicted octanol–water partition coefficient (Wildman–Crippen LogP) is 4.34. The summed E-state index contributed by atoms with van der Waals surface area (Å²) >= 11 is 5.74. The number of furan rings is 1. The maximum Gasteiger partial charge on any atom is 0.193 e. The van der Waals surface area contributed by atoms with Gasteiger partial charge in [-0.3, -0.25) is 0 Å². The molecule has 0 saturated carbocycles. The number of aromatic nitrogens is 1. The molecule has 96 valence electrons. The highest BCUT2D eigenvalue weighted by Crippen LogP contribution is 2.17. The van der Waals surface area contributed by atoms with Gasteiger partial charge >= 0.3 is 0 Å². The highest BCUT2D eigenvalue weighted by Gasteiger charge is 2.01. The van der Waals surface area contributed by atoms with Crippen molar-refractivity contribution in [2.24, 2.45) is 0 Å². The van der Waals surface area contributed by atoms with Gasteiger partial charge in [-0.2, -0.15) is 0 Å². The highest BCUT2D eigenvalue weighted by atomic mass is 35.5. The van der Waals surface area contributed by atoms with Gasteiger partial charge in [0.2, 0.25) is 0 Å². The van der Waals surface area contributed by atoms with Crippen LogP contribution in [-0.2, 0) is 6.54 Å². The number of rotatable bonds is 4. The van der Waals surface area contributed by atoms with Gasteiger partial charge in [0, 0.05) is 23.8 Å². The first-order valence-corrected chi connectivity index (χ1v) is 6.40. The van der Waals surface area contributed by atoms with Crippen molar-refractivity contribution in [3.8, 4) is 5.69 Å². The van der Waals surface area contributed by atoms with Crippen LogP contribution >= 0.6 is 11.6 Å². The van der Waals surface area contributed by atoms with Gasteiger partial charge in [-0.25, -0.2) is 0 Å². The molecule has 0 unspecified atom stereocenters. The molecule has 2 aromatic heterocycles. The van der Waals surface area contributed by atoms with Gasteiger partial charge in [0.25, 0.3) is 0 Å². The molecular weight excluding hydrogens is 260 g/mol. The lowest BCUT2D eigenvalue weighted by Crippen LogP contribution is -1.99. The maximum atomic E-state index is 5.74. The van der Waals surface area contributed by atoms with E-state index in [1.54, 1.807) is 6.07 Å². The zero-order valence-corrected chi connectivity index (χ0v) is 11.0. The van der Waals surface area contributed by atoms with E-state index in [1.807, 2.05) is 42.7 Å². The van der Waals surface area contributed by atoms with Gasteiger partial charge in [-0.15, -0.1) is 0 Å². The van der Waals surface area contributed by atoms with Crippen LogP contribution < -0.4 is 5.32 Å². The summed E-state index contributed by atoms with van der Waals surface area (Å²) in [4.78, 5) is 0. The zero-order chi connectivity index (χ0) is 13.1. The van der Waals surface area contributed by atoms with Gasteiger partial charge in [-0.05, 0) is 54.1 Å². The van der Waals surface area contributed by atoms with Crippen LogP contribution in [0.1, 0.15) is 5.76 Å². The van der Waals surface area contributed by atoms with Crippen molar-refractivity contribution in [3.63, 3.8) is 0 Å². The average Bonchev–Trinajstić information content (AvgIpc) is 3.08. The molecule has 19 heavy (non-hydrogen) atoms. The number of anilines is 1. The molecular formula is C15H13ClN2O. The third kappa shape index (κ3) is 2.83. The fourth-order valence-corrected chi connectivity index (χ4v) is 2.08. The molecule has 3 rings (SSSR count).